The topological polar surface area (TPSA) is 117 Å². The normalized spacial score (nSPS) is 26.4. The molecule has 1 N–H and O–H groups in total. The van der Waals surface area contributed by atoms with Crippen LogP contribution in [0.25, 0.3) is 0 Å². The lowest BCUT2D eigenvalue weighted by Gasteiger charge is -2.40. The third-order valence-corrected chi connectivity index (χ3v) is 12.0. The molecule has 2 bridgehead atoms. The van der Waals surface area contributed by atoms with Crippen molar-refractivity contribution in [1.29, 1.82) is 0 Å². The first-order chi connectivity index (χ1) is 24.7. The lowest BCUT2D eigenvalue weighted by molar-refractivity contribution is -0.165. The summed E-state index contributed by atoms with van der Waals surface area (Å²) in [6.45, 7) is 16.9. The number of anilines is 1. The van der Waals surface area contributed by atoms with Gasteiger partial charge in [-0.2, -0.15) is 0 Å². The molecule has 10 nitrogen and oxygen atoms in total. The van der Waals surface area contributed by atoms with Crippen LogP contribution in [0, 0.1) is 31.6 Å². The van der Waals surface area contributed by atoms with E-state index in [9.17, 15) is 19.5 Å². The van der Waals surface area contributed by atoms with Crippen molar-refractivity contribution in [2.45, 2.75) is 94.6 Å². The number of aliphatic hydroxyl groups is 1. The molecule has 3 fully saturated rings. The zero-order valence-electron chi connectivity index (χ0n) is 31.0. The molecule has 3 amide bonds. The lowest BCUT2D eigenvalue weighted by atomic mass is 9.70. The van der Waals surface area contributed by atoms with Gasteiger partial charge in [-0.05, 0) is 62.3 Å². The molecule has 5 rings (SSSR count). The van der Waals surface area contributed by atoms with Gasteiger partial charge in [-0.15, -0.1) is 13.2 Å². The Balaban J connectivity index is 1.57. The number of nitrogens with zero attached hydrogens (tertiary/aromatic N) is 3. The predicted octanol–water partition coefficient (Wildman–Crippen LogP) is 5.68. The Kier molecular flexibility index (Phi) is 12.2. The van der Waals surface area contributed by atoms with Gasteiger partial charge >= 0.3 is 5.97 Å². The van der Waals surface area contributed by atoms with Gasteiger partial charge in [0.25, 0.3) is 5.91 Å². The van der Waals surface area contributed by atoms with E-state index in [0.717, 1.165) is 11.1 Å². The van der Waals surface area contributed by atoms with Crippen molar-refractivity contribution in [1.82, 2.24) is 9.80 Å². The van der Waals surface area contributed by atoms with Crippen LogP contribution in [-0.4, -0.2) is 93.5 Å². The van der Waals surface area contributed by atoms with Crippen LogP contribution in [0.1, 0.15) is 62.8 Å². The summed E-state index contributed by atoms with van der Waals surface area (Å²) in [5.41, 5.74) is 1.85. The summed E-state index contributed by atoms with van der Waals surface area (Å²) in [6, 6.07) is 12.7. The monoisotopic (exact) mass is 777 g/mol. The highest BCUT2D eigenvalue weighted by Gasteiger charge is 2.78. The highest BCUT2D eigenvalue weighted by Crippen LogP contribution is 2.61. The molecule has 52 heavy (non-hydrogen) atoms. The van der Waals surface area contributed by atoms with Crippen molar-refractivity contribution in [3.8, 4) is 0 Å². The van der Waals surface area contributed by atoms with Crippen molar-refractivity contribution in [3.05, 3.63) is 90.5 Å². The number of amides is 3. The van der Waals surface area contributed by atoms with Gasteiger partial charge in [-0.3, -0.25) is 19.2 Å². The molecular formula is C41H52BrN3O7. The number of hydrogen-bond donors (Lipinski definition) is 1. The SMILES string of the molecule is C=CCCC(=O)N(C)[C@@H](C)[C@@H](OC(=O)[C@@H]1[C@H]2O[C@@]3(CC2Br)[C@H](C(=O)N(CC=C)c2cc(C)ccc2C)N([C@@H](CO)C(C)C)C(=O)[C@@H]13)c1ccccc1. The molecule has 11 heteroatoms. The number of carbonyl (C=O) groups is 4. The number of carbonyl (C=O) groups excluding carboxylic acids is 4. The fourth-order valence-electron chi connectivity index (χ4n) is 8.31. The summed E-state index contributed by atoms with van der Waals surface area (Å²) in [7, 11) is 1.69. The summed E-state index contributed by atoms with van der Waals surface area (Å²) in [5.74, 6) is -3.85. The van der Waals surface area contributed by atoms with Crippen molar-refractivity contribution in [3.63, 3.8) is 0 Å². The number of esters is 1. The number of alkyl halides is 1. The third kappa shape index (κ3) is 6.99. The maximum atomic E-state index is 15.1. The average Bonchev–Trinajstić information content (AvgIpc) is 3.72. The van der Waals surface area contributed by atoms with Gasteiger partial charge in [0.2, 0.25) is 11.8 Å². The number of likely N-dealkylation sites (tertiary alicyclic amines) is 1. The fourth-order valence-corrected chi connectivity index (χ4v) is 9.25. The minimum Gasteiger partial charge on any atom is -0.455 e. The second kappa shape index (κ2) is 16.1. The number of allylic oxidation sites excluding steroid dienone is 1. The van der Waals surface area contributed by atoms with Gasteiger partial charge in [-0.1, -0.05) is 84.4 Å². The van der Waals surface area contributed by atoms with Crippen LogP contribution in [0.4, 0.5) is 5.69 Å². The molecular weight excluding hydrogens is 726 g/mol. The first kappa shape index (κ1) is 39.4. The quantitative estimate of drug-likeness (QED) is 0.141. The van der Waals surface area contributed by atoms with Crippen molar-refractivity contribution in [2.75, 3.05) is 25.1 Å². The summed E-state index contributed by atoms with van der Waals surface area (Å²) in [6.07, 6.45) is 2.81. The van der Waals surface area contributed by atoms with E-state index in [0.29, 0.717) is 24.1 Å². The Labute approximate surface area is 315 Å². The van der Waals surface area contributed by atoms with Gasteiger partial charge in [0.1, 0.15) is 17.7 Å². The summed E-state index contributed by atoms with van der Waals surface area (Å²) in [5, 5.41) is 10.7. The smallest absolute Gasteiger partial charge is 0.313 e. The first-order valence-electron chi connectivity index (χ1n) is 18.1. The average molecular weight is 779 g/mol. The van der Waals surface area contributed by atoms with E-state index in [1.807, 2.05) is 83.1 Å². The van der Waals surface area contributed by atoms with Crippen LogP contribution < -0.4 is 4.90 Å². The maximum absolute atomic E-state index is 15.1. The van der Waals surface area contributed by atoms with E-state index in [-0.39, 0.29) is 42.1 Å². The minimum absolute atomic E-state index is 0.119. The summed E-state index contributed by atoms with van der Waals surface area (Å²) >= 11 is 3.76. The van der Waals surface area contributed by atoms with Crippen molar-refractivity contribution in [2.24, 2.45) is 17.8 Å². The molecule has 2 aromatic carbocycles. The van der Waals surface area contributed by atoms with E-state index < -0.39 is 59.6 Å². The molecule has 280 valence electrons. The van der Waals surface area contributed by atoms with Gasteiger partial charge in [0.15, 0.2) is 0 Å². The van der Waals surface area contributed by atoms with E-state index in [1.165, 1.54) is 4.90 Å². The Morgan fingerprint density at radius 2 is 1.81 bits per heavy atom. The number of benzene rings is 2. The Bertz CT molecular complexity index is 1680. The number of fused-ring (bicyclic) bond motifs is 1. The Morgan fingerprint density at radius 1 is 1.12 bits per heavy atom. The van der Waals surface area contributed by atoms with E-state index in [2.05, 4.69) is 29.1 Å². The van der Waals surface area contributed by atoms with Gasteiger partial charge < -0.3 is 29.3 Å². The molecule has 1 unspecified atom stereocenters. The highest BCUT2D eigenvalue weighted by atomic mass is 79.9. The van der Waals surface area contributed by atoms with Crippen LogP contribution in [-0.2, 0) is 28.7 Å². The van der Waals surface area contributed by atoms with E-state index in [4.69, 9.17) is 9.47 Å². The van der Waals surface area contributed by atoms with Crippen LogP contribution in [0.5, 0.6) is 0 Å². The second-order valence-electron chi connectivity index (χ2n) is 14.8. The van der Waals surface area contributed by atoms with Crippen LogP contribution in [0.3, 0.4) is 0 Å². The number of aryl methyl sites for hydroxylation is 2. The first-order valence-corrected chi connectivity index (χ1v) is 19.0. The van der Waals surface area contributed by atoms with Crippen LogP contribution in [0.2, 0.25) is 0 Å². The van der Waals surface area contributed by atoms with Crippen LogP contribution in [0.15, 0.2) is 73.8 Å². The number of ether oxygens (including phenoxy) is 2. The number of likely N-dealkylation sites (N-methyl/N-ethyl adjacent to an activating group) is 1. The Morgan fingerprint density at radius 3 is 2.42 bits per heavy atom. The second-order valence-corrected chi connectivity index (χ2v) is 15.9. The highest BCUT2D eigenvalue weighted by molar-refractivity contribution is 9.09. The largest absolute Gasteiger partial charge is 0.455 e. The molecule has 3 heterocycles. The van der Waals surface area contributed by atoms with Crippen molar-refractivity contribution >= 4 is 45.3 Å². The summed E-state index contributed by atoms with van der Waals surface area (Å²) < 4.78 is 13.2. The third-order valence-electron chi connectivity index (χ3n) is 11.2. The molecule has 9 atom stereocenters. The molecule has 2 aromatic rings. The lowest BCUT2D eigenvalue weighted by Crippen LogP contribution is -2.60. The van der Waals surface area contributed by atoms with Gasteiger partial charge in [0, 0.05) is 30.5 Å². The summed E-state index contributed by atoms with van der Waals surface area (Å²) in [4.78, 5) is 62.1. The van der Waals surface area contributed by atoms with E-state index >= 15 is 4.79 Å². The molecule has 3 aliphatic rings. The number of rotatable bonds is 15. The van der Waals surface area contributed by atoms with Crippen molar-refractivity contribution < 1.29 is 33.8 Å². The molecule has 0 radical (unpaired) electrons. The standard InChI is InChI=1S/C41H52BrN3O7/c1-9-11-17-32(47)43(8)27(7)35(28-15-13-12-14-16-28)51-40(50)33-34-38(48)45(31(23-46)24(3)4)37(41(34)22-29(42)36(33)52-41)39(49)44(20-10-2)30-21-25(5)18-19-26(30)6/h9-10,12-16,18-19,21,24,27,29,31,33-37,46H,1-2,11,17,20,22-23H2,3-8H3/t27-,29?,31-,33-,34+,35+,36-,37-,41+/m0/s1. The predicted molar refractivity (Wildman–Crippen MR) is 204 cm³/mol. The zero-order valence-corrected chi connectivity index (χ0v) is 32.6. The molecule has 0 aliphatic carbocycles. The Hall–Kier alpha value is -3.80. The molecule has 3 saturated heterocycles. The maximum Gasteiger partial charge on any atom is 0.313 e. The number of hydrogen-bond acceptors (Lipinski definition) is 7. The number of halogens is 1. The van der Waals surface area contributed by atoms with E-state index in [1.54, 1.807) is 29.0 Å². The fraction of sp³-hybridized carbons (Fsp3) is 0.512. The van der Waals surface area contributed by atoms with Crippen LogP contribution >= 0.6 is 15.9 Å². The molecule has 1 spiro atoms. The van der Waals surface area contributed by atoms with Gasteiger partial charge in [0.05, 0.1) is 36.6 Å². The zero-order chi connectivity index (χ0) is 38.1. The molecule has 0 saturated carbocycles. The number of aliphatic hydroxyl groups excluding tert-OH is 1. The minimum atomic E-state index is -1.37. The van der Waals surface area contributed by atoms with Gasteiger partial charge in [-0.25, -0.2) is 0 Å². The molecule has 0 aromatic heterocycles. The molecule has 3 aliphatic heterocycles.